The molecule has 1 N–H and O–H groups in total. The fourth-order valence-corrected chi connectivity index (χ4v) is 2.97. The monoisotopic (exact) mass is 316 g/mol. The molecule has 0 aliphatic carbocycles. The normalized spacial score (nSPS) is 29.9. The first-order chi connectivity index (χ1) is 10.9. The summed E-state index contributed by atoms with van der Waals surface area (Å²) in [6.07, 6.45) is 2.15. The Morgan fingerprint density at radius 2 is 1.65 bits per heavy atom. The number of rotatable bonds is 3. The molecule has 3 aliphatic heterocycles. The van der Waals surface area contributed by atoms with E-state index >= 15 is 0 Å². The van der Waals surface area contributed by atoms with Crippen molar-refractivity contribution in [3.63, 3.8) is 0 Å². The molecule has 2 bridgehead atoms. The van der Waals surface area contributed by atoms with Crippen LogP contribution in [-0.2, 0) is 20.2 Å². The Labute approximate surface area is 137 Å². The second-order valence-corrected chi connectivity index (χ2v) is 7.06. The standard InChI is InChI=1S/C19H24O4/c1-4-10-18-12-21-19(22-13-18,23-14-18)16-7-5-15(6-8-16)9-11-17(2,3)20/h5-8,20H,4,10,12-14H2,1-3H3. The third kappa shape index (κ3) is 3.44. The Balaban J connectivity index is 1.75. The molecule has 23 heavy (non-hydrogen) atoms. The van der Waals surface area contributed by atoms with Crippen molar-refractivity contribution in [3.8, 4) is 11.8 Å². The van der Waals surface area contributed by atoms with Crippen LogP contribution in [0.25, 0.3) is 0 Å². The van der Waals surface area contributed by atoms with Crippen LogP contribution in [0.5, 0.6) is 0 Å². The molecule has 4 rings (SSSR count). The molecule has 3 aliphatic rings. The molecule has 0 saturated carbocycles. The van der Waals surface area contributed by atoms with Crippen molar-refractivity contribution >= 4 is 0 Å². The molecule has 0 radical (unpaired) electrons. The number of hydrogen-bond donors (Lipinski definition) is 1. The van der Waals surface area contributed by atoms with Gasteiger partial charge in [0, 0.05) is 16.5 Å². The summed E-state index contributed by atoms with van der Waals surface area (Å²) in [6.45, 7) is 7.49. The molecule has 0 amide bonds. The predicted octanol–water partition coefficient (Wildman–Crippen LogP) is 2.78. The fourth-order valence-electron chi connectivity index (χ4n) is 2.97. The van der Waals surface area contributed by atoms with Gasteiger partial charge >= 0.3 is 5.97 Å². The molecule has 0 unspecified atom stereocenters. The Kier molecular flexibility index (Phi) is 4.24. The van der Waals surface area contributed by atoms with Crippen molar-refractivity contribution in [2.45, 2.75) is 45.2 Å². The van der Waals surface area contributed by atoms with Crippen LogP contribution >= 0.6 is 0 Å². The molecule has 124 valence electrons. The van der Waals surface area contributed by atoms with Gasteiger partial charge in [0.05, 0.1) is 19.8 Å². The van der Waals surface area contributed by atoms with Crippen LogP contribution in [0.15, 0.2) is 24.3 Å². The third-order valence-corrected chi connectivity index (χ3v) is 4.24. The molecule has 3 heterocycles. The maximum absolute atomic E-state index is 9.66. The topological polar surface area (TPSA) is 47.9 Å². The minimum Gasteiger partial charge on any atom is -0.378 e. The van der Waals surface area contributed by atoms with E-state index in [1.54, 1.807) is 13.8 Å². The van der Waals surface area contributed by atoms with Gasteiger partial charge in [0.2, 0.25) is 0 Å². The molecule has 4 nitrogen and oxygen atoms in total. The predicted molar refractivity (Wildman–Crippen MR) is 86.5 cm³/mol. The van der Waals surface area contributed by atoms with Gasteiger partial charge in [-0.3, -0.25) is 0 Å². The quantitative estimate of drug-likeness (QED) is 0.871. The fraction of sp³-hybridized carbons (Fsp3) is 0.579. The van der Waals surface area contributed by atoms with E-state index in [0.717, 1.165) is 24.0 Å². The van der Waals surface area contributed by atoms with E-state index in [1.165, 1.54) is 0 Å². The number of ether oxygens (including phenoxy) is 3. The molecule has 4 heteroatoms. The summed E-state index contributed by atoms with van der Waals surface area (Å²) in [7, 11) is 0. The molecule has 0 aromatic heterocycles. The molecule has 0 spiro atoms. The lowest BCUT2D eigenvalue weighted by Gasteiger charge is -2.51. The second-order valence-electron chi connectivity index (χ2n) is 7.06. The summed E-state index contributed by atoms with van der Waals surface area (Å²) in [6, 6.07) is 7.60. The second kappa shape index (κ2) is 5.92. The summed E-state index contributed by atoms with van der Waals surface area (Å²) in [5.74, 6) is 4.68. The summed E-state index contributed by atoms with van der Waals surface area (Å²) < 4.78 is 17.8. The Bertz CT molecular complexity index is 591. The van der Waals surface area contributed by atoms with Gasteiger partial charge in [0.1, 0.15) is 5.60 Å². The number of benzene rings is 1. The van der Waals surface area contributed by atoms with Gasteiger partial charge in [0.15, 0.2) is 0 Å². The van der Waals surface area contributed by atoms with Crippen LogP contribution < -0.4 is 0 Å². The molecular weight excluding hydrogens is 292 g/mol. The lowest BCUT2D eigenvalue weighted by atomic mass is 9.83. The average molecular weight is 316 g/mol. The van der Waals surface area contributed by atoms with E-state index in [0.29, 0.717) is 19.8 Å². The van der Waals surface area contributed by atoms with Crippen LogP contribution in [0.2, 0.25) is 0 Å². The maximum atomic E-state index is 9.66. The third-order valence-electron chi connectivity index (χ3n) is 4.24. The van der Waals surface area contributed by atoms with Crippen LogP contribution in [-0.4, -0.2) is 30.5 Å². The highest BCUT2D eigenvalue weighted by molar-refractivity contribution is 5.38. The van der Waals surface area contributed by atoms with E-state index < -0.39 is 11.6 Å². The first kappa shape index (κ1) is 16.5. The minimum atomic E-state index is -1.07. The van der Waals surface area contributed by atoms with Gasteiger partial charge in [0.25, 0.3) is 0 Å². The van der Waals surface area contributed by atoms with Crippen molar-refractivity contribution < 1.29 is 19.3 Å². The highest BCUT2D eigenvalue weighted by Crippen LogP contribution is 2.46. The van der Waals surface area contributed by atoms with Gasteiger partial charge in [-0.05, 0) is 44.5 Å². The lowest BCUT2D eigenvalue weighted by Crippen LogP contribution is -2.58. The summed E-state index contributed by atoms with van der Waals surface area (Å²) >= 11 is 0. The number of fused-ring (bicyclic) bond motifs is 3. The average Bonchev–Trinajstić information content (AvgIpc) is 2.55. The van der Waals surface area contributed by atoms with E-state index in [1.807, 2.05) is 24.3 Å². The van der Waals surface area contributed by atoms with Gasteiger partial charge in [-0.15, -0.1) is 0 Å². The van der Waals surface area contributed by atoms with E-state index in [2.05, 4.69) is 18.8 Å². The van der Waals surface area contributed by atoms with Crippen LogP contribution in [0.4, 0.5) is 0 Å². The zero-order valence-corrected chi connectivity index (χ0v) is 14.0. The van der Waals surface area contributed by atoms with Crippen molar-refractivity contribution in [2.75, 3.05) is 19.8 Å². The number of aliphatic hydroxyl groups is 1. The summed E-state index contributed by atoms with van der Waals surface area (Å²) in [5, 5.41) is 9.66. The van der Waals surface area contributed by atoms with Gasteiger partial charge in [-0.1, -0.05) is 25.2 Å². The van der Waals surface area contributed by atoms with Crippen LogP contribution in [0, 0.1) is 17.3 Å². The Morgan fingerprint density at radius 1 is 1.09 bits per heavy atom. The Hall–Kier alpha value is -1.38. The zero-order valence-electron chi connectivity index (χ0n) is 14.0. The van der Waals surface area contributed by atoms with Crippen LogP contribution in [0.1, 0.15) is 44.7 Å². The van der Waals surface area contributed by atoms with Crippen molar-refractivity contribution in [1.29, 1.82) is 0 Å². The van der Waals surface area contributed by atoms with E-state index in [4.69, 9.17) is 14.2 Å². The van der Waals surface area contributed by atoms with Crippen molar-refractivity contribution in [2.24, 2.45) is 5.41 Å². The van der Waals surface area contributed by atoms with Gasteiger partial charge in [-0.25, -0.2) is 0 Å². The van der Waals surface area contributed by atoms with Crippen LogP contribution in [0.3, 0.4) is 0 Å². The van der Waals surface area contributed by atoms with Crippen molar-refractivity contribution in [3.05, 3.63) is 35.4 Å². The molecular formula is C19H24O4. The molecule has 3 saturated heterocycles. The van der Waals surface area contributed by atoms with E-state index in [9.17, 15) is 5.11 Å². The highest BCUT2D eigenvalue weighted by Gasteiger charge is 2.53. The minimum absolute atomic E-state index is 0.00856. The van der Waals surface area contributed by atoms with Crippen molar-refractivity contribution in [1.82, 2.24) is 0 Å². The first-order valence-corrected chi connectivity index (χ1v) is 8.14. The largest absolute Gasteiger partial charge is 0.378 e. The smallest absolute Gasteiger partial charge is 0.312 e. The Morgan fingerprint density at radius 3 is 2.13 bits per heavy atom. The SMILES string of the molecule is CCCC12COC(c3ccc(C#CC(C)(C)O)cc3)(OC1)OC2. The summed E-state index contributed by atoms with van der Waals surface area (Å²) in [4.78, 5) is 0. The molecule has 1 aromatic carbocycles. The van der Waals surface area contributed by atoms with E-state index in [-0.39, 0.29) is 5.41 Å². The zero-order chi connectivity index (χ0) is 16.6. The van der Waals surface area contributed by atoms with Gasteiger partial charge in [-0.2, -0.15) is 0 Å². The molecule has 1 aromatic rings. The first-order valence-electron chi connectivity index (χ1n) is 8.14. The number of hydrogen-bond acceptors (Lipinski definition) is 4. The maximum Gasteiger partial charge on any atom is 0.312 e. The summed E-state index contributed by atoms with van der Waals surface area (Å²) in [5.41, 5.74) is 0.687. The molecule has 0 atom stereocenters. The lowest BCUT2D eigenvalue weighted by molar-refractivity contribution is -0.480. The molecule has 3 fully saturated rings. The highest BCUT2D eigenvalue weighted by atomic mass is 16.9. The van der Waals surface area contributed by atoms with Gasteiger partial charge < -0.3 is 19.3 Å².